The molecule has 1 fully saturated rings. The highest BCUT2D eigenvalue weighted by Gasteiger charge is 2.24. The summed E-state index contributed by atoms with van der Waals surface area (Å²) < 4.78 is 11.1. The topological polar surface area (TPSA) is 81.1 Å². The number of hydrogen-bond acceptors (Lipinski definition) is 4. The first kappa shape index (κ1) is 23.0. The lowest BCUT2D eigenvalue weighted by Gasteiger charge is -2.29. The lowest BCUT2D eigenvalue weighted by molar-refractivity contribution is -0.862. The van der Waals surface area contributed by atoms with Crippen LogP contribution < -0.4 is 25.0 Å². The quantitative estimate of drug-likeness (QED) is 0.552. The number of benzene rings is 1. The van der Waals surface area contributed by atoms with Gasteiger partial charge in [0.1, 0.15) is 0 Å². The zero-order chi connectivity index (χ0) is 21.2. The Morgan fingerprint density at radius 2 is 1.69 bits per heavy atom. The van der Waals surface area contributed by atoms with E-state index in [1.54, 1.807) is 18.2 Å². The summed E-state index contributed by atoms with van der Waals surface area (Å²) in [5.41, 5.74) is 0.648. The Kier molecular flexibility index (Phi) is 9.25. The van der Waals surface area contributed by atoms with Crippen molar-refractivity contribution >= 4 is 17.5 Å². The summed E-state index contributed by atoms with van der Waals surface area (Å²) in [4.78, 5) is 25.6. The fourth-order valence-electron chi connectivity index (χ4n) is 3.73. The van der Waals surface area contributed by atoms with E-state index < -0.39 is 0 Å². The molecule has 1 saturated carbocycles. The van der Waals surface area contributed by atoms with Gasteiger partial charge in [-0.1, -0.05) is 19.8 Å². The molecule has 3 atom stereocenters. The molecule has 162 valence electrons. The van der Waals surface area contributed by atoms with Gasteiger partial charge in [-0.05, 0) is 44.7 Å². The molecule has 0 aromatic heterocycles. The Morgan fingerprint density at radius 1 is 1.03 bits per heavy atom. The van der Waals surface area contributed by atoms with Crippen LogP contribution in [0, 0.1) is 5.92 Å². The molecule has 0 bridgehead atoms. The molecule has 0 saturated heterocycles. The second-order valence-corrected chi connectivity index (χ2v) is 7.82. The molecule has 7 nitrogen and oxygen atoms in total. The van der Waals surface area contributed by atoms with Gasteiger partial charge in [-0.25, -0.2) is 0 Å². The number of quaternary nitrogens is 1. The minimum atomic E-state index is -0.145. The Labute approximate surface area is 174 Å². The standard InChI is InChI=1S/C22H35N3O4/c1-5-28-19-12-11-17(13-20(19)29-6-2)23-21(26)14-25(4)15-22(27)24-18-10-8-7-9-16(18)3/h11-13,16,18H,5-10,14-15H2,1-4H3,(H,23,26)(H,24,27)/p+1/t16-,18-/m0/s1. The molecule has 0 aliphatic heterocycles. The highest BCUT2D eigenvalue weighted by molar-refractivity contribution is 5.92. The van der Waals surface area contributed by atoms with Gasteiger partial charge >= 0.3 is 0 Å². The molecule has 0 heterocycles. The minimum absolute atomic E-state index is 0.00810. The number of hydrogen-bond donors (Lipinski definition) is 3. The number of ether oxygens (including phenoxy) is 2. The summed E-state index contributed by atoms with van der Waals surface area (Å²) in [5, 5.41) is 6.02. The summed E-state index contributed by atoms with van der Waals surface area (Å²) >= 11 is 0. The van der Waals surface area contributed by atoms with E-state index in [9.17, 15) is 9.59 Å². The van der Waals surface area contributed by atoms with Gasteiger partial charge in [-0.15, -0.1) is 0 Å². The zero-order valence-corrected chi connectivity index (χ0v) is 18.2. The van der Waals surface area contributed by atoms with Gasteiger partial charge in [-0.2, -0.15) is 0 Å². The third-order valence-electron chi connectivity index (χ3n) is 5.21. The van der Waals surface area contributed by atoms with E-state index in [0.29, 0.717) is 36.3 Å². The van der Waals surface area contributed by atoms with Crippen LogP contribution in [0.3, 0.4) is 0 Å². The second kappa shape index (κ2) is 11.7. The van der Waals surface area contributed by atoms with Gasteiger partial charge in [0.25, 0.3) is 11.8 Å². The van der Waals surface area contributed by atoms with Crippen LogP contribution in [0.25, 0.3) is 0 Å². The maximum Gasteiger partial charge on any atom is 0.279 e. The smallest absolute Gasteiger partial charge is 0.279 e. The van der Waals surface area contributed by atoms with Gasteiger partial charge < -0.3 is 25.0 Å². The van der Waals surface area contributed by atoms with Crippen molar-refractivity contribution in [3.05, 3.63) is 18.2 Å². The number of nitrogens with one attached hydrogen (secondary N) is 3. The monoisotopic (exact) mass is 406 g/mol. The number of likely N-dealkylation sites (N-methyl/N-ethyl adjacent to an activating group) is 1. The van der Waals surface area contributed by atoms with Gasteiger partial charge in [0.05, 0.1) is 20.3 Å². The van der Waals surface area contributed by atoms with Crippen LogP contribution in [0.4, 0.5) is 5.69 Å². The minimum Gasteiger partial charge on any atom is -0.490 e. The van der Waals surface area contributed by atoms with Crippen LogP contribution in [-0.4, -0.2) is 51.2 Å². The van der Waals surface area contributed by atoms with Crippen molar-refractivity contribution < 1.29 is 24.0 Å². The van der Waals surface area contributed by atoms with Gasteiger partial charge in [0, 0.05) is 17.8 Å². The molecular weight excluding hydrogens is 370 g/mol. The molecule has 29 heavy (non-hydrogen) atoms. The van der Waals surface area contributed by atoms with Crippen molar-refractivity contribution in [3.63, 3.8) is 0 Å². The van der Waals surface area contributed by atoms with Crippen LogP contribution in [0.2, 0.25) is 0 Å². The number of rotatable bonds is 10. The molecule has 1 unspecified atom stereocenters. The lowest BCUT2D eigenvalue weighted by atomic mass is 9.86. The van der Waals surface area contributed by atoms with E-state index in [1.165, 1.54) is 19.3 Å². The van der Waals surface area contributed by atoms with Gasteiger partial charge in [0.15, 0.2) is 24.6 Å². The van der Waals surface area contributed by atoms with Crippen LogP contribution in [0.5, 0.6) is 11.5 Å². The second-order valence-electron chi connectivity index (χ2n) is 7.82. The molecule has 0 radical (unpaired) electrons. The summed E-state index contributed by atoms with van der Waals surface area (Å²) in [7, 11) is 1.85. The third-order valence-corrected chi connectivity index (χ3v) is 5.21. The van der Waals surface area contributed by atoms with Crippen LogP contribution in [-0.2, 0) is 9.59 Å². The highest BCUT2D eigenvalue weighted by Crippen LogP contribution is 2.30. The molecule has 2 rings (SSSR count). The molecule has 1 aromatic carbocycles. The van der Waals surface area contributed by atoms with E-state index in [2.05, 4.69) is 17.6 Å². The number of carbonyl (C=O) groups is 2. The molecule has 1 aromatic rings. The first-order valence-corrected chi connectivity index (χ1v) is 10.7. The van der Waals surface area contributed by atoms with Crippen LogP contribution >= 0.6 is 0 Å². The fourth-order valence-corrected chi connectivity index (χ4v) is 3.73. The van der Waals surface area contributed by atoms with E-state index in [0.717, 1.165) is 11.3 Å². The van der Waals surface area contributed by atoms with E-state index in [-0.39, 0.29) is 30.9 Å². The Bertz CT molecular complexity index is 680. The Balaban J connectivity index is 1.83. The lowest BCUT2D eigenvalue weighted by Crippen LogP contribution is -3.11. The van der Waals surface area contributed by atoms with Crippen molar-refractivity contribution in [1.29, 1.82) is 0 Å². The average molecular weight is 407 g/mol. The third kappa shape index (κ3) is 7.57. The maximum absolute atomic E-state index is 12.4. The molecule has 3 N–H and O–H groups in total. The van der Waals surface area contributed by atoms with E-state index >= 15 is 0 Å². The predicted molar refractivity (Wildman–Crippen MR) is 114 cm³/mol. The fraction of sp³-hybridized carbons (Fsp3) is 0.636. The molecule has 1 aliphatic carbocycles. The average Bonchev–Trinajstić information content (AvgIpc) is 2.65. The molecule has 1 aliphatic rings. The Hall–Kier alpha value is -2.28. The summed E-state index contributed by atoms with van der Waals surface area (Å²) in [6.45, 7) is 7.56. The van der Waals surface area contributed by atoms with E-state index in [1.807, 2.05) is 20.9 Å². The largest absolute Gasteiger partial charge is 0.490 e. The highest BCUT2D eigenvalue weighted by atomic mass is 16.5. The van der Waals surface area contributed by atoms with Gasteiger partial charge in [0.2, 0.25) is 0 Å². The Morgan fingerprint density at radius 3 is 2.38 bits per heavy atom. The summed E-state index contributed by atoms with van der Waals surface area (Å²) in [6, 6.07) is 5.61. The summed E-state index contributed by atoms with van der Waals surface area (Å²) in [5.74, 6) is 1.65. The number of amides is 2. The molecule has 7 heteroatoms. The van der Waals surface area contributed by atoms with Crippen molar-refractivity contribution in [3.8, 4) is 11.5 Å². The van der Waals surface area contributed by atoms with Crippen molar-refractivity contribution in [1.82, 2.24) is 5.32 Å². The van der Waals surface area contributed by atoms with Crippen molar-refractivity contribution in [2.75, 3.05) is 38.7 Å². The first-order valence-electron chi connectivity index (χ1n) is 10.7. The molecule has 2 amide bonds. The molecular formula is C22H36N3O4+. The molecule has 0 spiro atoms. The number of anilines is 1. The maximum atomic E-state index is 12.4. The first-order chi connectivity index (χ1) is 13.9. The predicted octanol–water partition coefficient (Wildman–Crippen LogP) is 1.63. The number of carbonyl (C=O) groups excluding carboxylic acids is 2. The SMILES string of the molecule is CCOc1ccc(NC(=O)C[NH+](C)CC(=O)N[C@H]2CCCC[C@@H]2C)cc1OCC. The normalized spacial score (nSPS) is 19.9. The van der Waals surface area contributed by atoms with E-state index in [4.69, 9.17) is 9.47 Å². The van der Waals surface area contributed by atoms with Crippen LogP contribution in [0.1, 0.15) is 46.5 Å². The van der Waals surface area contributed by atoms with Crippen molar-refractivity contribution in [2.24, 2.45) is 5.92 Å². The zero-order valence-electron chi connectivity index (χ0n) is 18.2. The summed E-state index contributed by atoms with van der Waals surface area (Å²) in [6.07, 6.45) is 4.63. The van der Waals surface area contributed by atoms with Crippen LogP contribution in [0.15, 0.2) is 18.2 Å². The van der Waals surface area contributed by atoms with Gasteiger partial charge in [-0.3, -0.25) is 9.59 Å². The van der Waals surface area contributed by atoms with Crippen molar-refractivity contribution in [2.45, 2.75) is 52.5 Å².